The third-order valence-corrected chi connectivity index (χ3v) is 2.96. The van der Waals surface area contributed by atoms with Crippen molar-refractivity contribution in [3.63, 3.8) is 0 Å². The highest BCUT2D eigenvalue weighted by Gasteiger charge is 2.35. The van der Waals surface area contributed by atoms with E-state index < -0.39 is 11.9 Å². The summed E-state index contributed by atoms with van der Waals surface area (Å²) in [5.74, 6) is 0.427. The second kappa shape index (κ2) is 3.64. The first-order valence-electron chi connectivity index (χ1n) is 5.21. The van der Waals surface area contributed by atoms with Gasteiger partial charge >= 0.3 is 6.18 Å². The van der Waals surface area contributed by atoms with Crippen molar-refractivity contribution in [2.24, 2.45) is 0 Å². The lowest BCUT2D eigenvalue weighted by Crippen LogP contribution is -2.46. The zero-order valence-electron chi connectivity index (χ0n) is 9.17. The van der Waals surface area contributed by atoms with Gasteiger partial charge in [-0.1, -0.05) is 6.07 Å². The topological polar surface area (TPSA) is 16.1 Å². The van der Waals surface area contributed by atoms with Crippen LogP contribution in [-0.4, -0.2) is 17.6 Å². The third kappa shape index (κ3) is 1.86. The molecule has 0 spiro atoms. The molecular weight excluding hydrogens is 217 g/mol. The van der Waals surface area contributed by atoms with Gasteiger partial charge in [-0.25, -0.2) is 4.98 Å². The molecule has 1 fully saturated rings. The Hall–Kier alpha value is -1.26. The number of pyridine rings is 1. The van der Waals surface area contributed by atoms with Crippen molar-refractivity contribution >= 4 is 5.82 Å². The summed E-state index contributed by atoms with van der Waals surface area (Å²) in [5.41, 5.74) is -0.603. The highest BCUT2D eigenvalue weighted by Crippen LogP contribution is 2.33. The number of alkyl halides is 3. The minimum atomic E-state index is -4.37. The van der Waals surface area contributed by atoms with Crippen molar-refractivity contribution in [1.82, 2.24) is 4.98 Å². The Morgan fingerprint density at radius 1 is 1.38 bits per heavy atom. The van der Waals surface area contributed by atoms with Crippen LogP contribution in [0, 0.1) is 6.92 Å². The normalized spacial score (nSPS) is 20.8. The molecule has 1 aliphatic heterocycles. The molecule has 1 aromatic rings. The zero-order valence-corrected chi connectivity index (χ0v) is 9.17. The summed E-state index contributed by atoms with van der Waals surface area (Å²) in [6.45, 7) is 4.20. The van der Waals surface area contributed by atoms with Crippen LogP contribution in [0.1, 0.15) is 24.6 Å². The maximum Gasteiger partial charge on any atom is 0.433 e. The molecule has 2 rings (SSSR count). The van der Waals surface area contributed by atoms with Crippen LogP contribution < -0.4 is 4.90 Å². The quantitative estimate of drug-likeness (QED) is 0.737. The molecule has 0 N–H and O–H groups in total. The van der Waals surface area contributed by atoms with Crippen molar-refractivity contribution in [1.29, 1.82) is 0 Å². The zero-order chi connectivity index (χ0) is 11.9. The fraction of sp³-hybridized carbons (Fsp3) is 0.545. The Balaban J connectivity index is 2.36. The van der Waals surface area contributed by atoms with E-state index in [1.54, 1.807) is 6.07 Å². The van der Waals surface area contributed by atoms with E-state index >= 15 is 0 Å². The largest absolute Gasteiger partial charge is 0.433 e. The molecule has 2 heterocycles. The van der Waals surface area contributed by atoms with Crippen LogP contribution in [0.2, 0.25) is 0 Å². The van der Waals surface area contributed by atoms with Crippen molar-refractivity contribution in [3.05, 3.63) is 23.4 Å². The molecule has 2 nitrogen and oxygen atoms in total. The number of rotatable bonds is 1. The Morgan fingerprint density at radius 2 is 2.06 bits per heavy atom. The molecule has 0 aromatic carbocycles. The summed E-state index contributed by atoms with van der Waals surface area (Å²) >= 11 is 0. The molecule has 16 heavy (non-hydrogen) atoms. The fourth-order valence-corrected chi connectivity index (χ4v) is 1.82. The van der Waals surface area contributed by atoms with Crippen molar-refractivity contribution < 1.29 is 13.2 Å². The van der Waals surface area contributed by atoms with Crippen LogP contribution in [0.5, 0.6) is 0 Å². The molecule has 1 aliphatic rings. The lowest BCUT2D eigenvalue weighted by atomic mass is 10.1. The molecule has 0 amide bonds. The van der Waals surface area contributed by atoms with Gasteiger partial charge in [-0.2, -0.15) is 13.2 Å². The Bertz CT molecular complexity index is 401. The van der Waals surface area contributed by atoms with E-state index in [1.807, 2.05) is 11.8 Å². The predicted octanol–water partition coefficient (Wildman–Crippen LogP) is 3.01. The molecule has 0 radical (unpaired) electrons. The first kappa shape index (κ1) is 11.2. The first-order valence-corrected chi connectivity index (χ1v) is 5.21. The van der Waals surface area contributed by atoms with Gasteiger partial charge in [-0.15, -0.1) is 0 Å². The van der Waals surface area contributed by atoms with Gasteiger partial charge in [-0.3, -0.25) is 0 Å². The third-order valence-electron chi connectivity index (χ3n) is 2.96. The van der Waals surface area contributed by atoms with Gasteiger partial charge in [0.25, 0.3) is 0 Å². The Labute approximate surface area is 92.1 Å². The first-order chi connectivity index (χ1) is 7.39. The molecule has 0 saturated carbocycles. The summed E-state index contributed by atoms with van der Waals surface area (Å²) in [6, 6.07) is 3.42. The minimum absolute atomic E-state index is 0.171. The number of hydrogen-bond acceptors (Lipinski definition) is 2. The molecule has 88 valence electrons. The lowest BCUT2D eigenvalue weighted by molar-refractivity contribution is -0.141. The van der Waals surface area contributed by atoms with E-state index in [2.05, 4.69) is 4.98 Å². The number of aromatic nitrogens is 1. The number of aryl methyl sites for hydroxylation is 1. The van der Waals surface area contributed by atoms with Crippen LogP contribution in [0.4, 0.5) is 19.0 Å². The maximum atomic E-state index is 12.6. The van der Waals surface area contributed by atoms with Crippen LogP contribution in [-0.2, 0) is 6.18 Å². The van der Waals surface area contributed by atoms with E-state index in [0.29, 0.717) is 5.82 Å². The second-order valence-corrected chi connectivity index (χ2v) is 4.16. The standard InChI is InChI=1S/C11H13F3N2/c1-7-3-4-9(16-6-5-8(16)2)15-10(7)11(12,13)14/h3-4,8H,5-6H2,1-2H3. The average molecular weight is 230 g/mol. The maximum absolute atomic E-state index is 12.6. The molecule has 1 aromatic heterocycles. The van der Waals surface area contributed by atoms with Gasteiger partial charge in [0.05, 0.1) is 0 Å². The lowest BCUT2D eigenvalue weighted by Gasteiger charge is -2.40. The second-order valence-electron chi connectivity index (χ2n) is 4.16. The van der Waals surface area contributed by atoms with Crippen molar-refractivity contribution in [2.75, 3.05) is 11.4 Å². The van der Waals surface area contributed by atoms with Crippen LogP contribution in [0.15, 0.2) is 12.1 Å². The van der Waals surface area contributed by atoms with Crippen LogP contribution in [0.25, 0.3) is 0 Å². The van der Waals surface area contributed by atoms with E-state index in [0.717, 1.165) is 13.0 Å². The van der Waals surface area contributed by atoms with Crippen molar-refractivity contribution in [2.45, 2.75) is 32.5 Å². The van der Waals surface area contributed by atoms with E-state index in [1.165, 1.54) is 13.0 Å². The van der Waals surface area contributed by atoms with E-state index in [4.69, 9.17) is 0 Å². The smallest absolute Gasteiger partial charge is 0.354 e. The molecule has 0 aliphatic carbocycles. The summed E-state index contributed by atoms with van der Waals surface area (Å²) in [7, 11) is 0. The molecule has 1 unspecified atom stereocenters. The number of hydrogen-bond donors (Lipinski definition) is 0. The molecule has 1 saturated heterocycles. The summed E-state index contributed by atoms with van der Waals surface area (Å²) in [6.07, 6.45) is -3.36. The fourth-order valence-electron chi connectivity index (χ4n) is 1.82. The average Bonchev–Trinajstić information content (AvgIpc) is 2.17. The summed E-state index contributed by atoms with van der Waals surface area (Å²) in [4.78, 5) is 5.60. The molecule has 0 bridgehead atoms. The number of halogens is 3. The SMILES string of the molecule is Cc1ccc(N2CCC2C)nc1C(F)(F)F. The van der Waals surface area contributed by atoms with Gasteiger partial charge < -0.3 is 4.90 Å². The summed E-state index contributed by atoms with van der Waals surface area (Å²) < 4.78 is 37.9. The minimum Gasteiger partial charge on any atom is -0.354 e. The van der Waals surface area contributed by atoms with Crippen molar-refractivity contribution in [3.8, 4) is 0 Å². The van der Waals surface area contributed by atoms with E-state index in [-0.39, 0.29) is 11.6 Å². The molecule has 1 atom stereocenters. The Kier molecular flexibility index (Phi) is 2.56. The summed E-state index contributed by atoms with van der Waals surface area (Å²) in [5, 5.41) is 0. The monoisotopic (exact) mass is 230 g/mol. The van der Waals surface area contributed by atoms with Gasteiger partial charge in [0.1, 0.15) is 11.5 Å². The molecule has 5 heteroatoms. The number of nitrogens with zero attached hydrogens (tertiary/aromatic N) is 2. The van der Waals surface area contributed by atoms with Gasteiger partial charge in [0, 0.05) is 12.6 Å². The van der Waals surface area contributed by atoms with Crippen LogP contribution >= 0.6 is 0 Å². The number of anilines is 1. The molecular formula is C11H13F3N2. The highest BCUT2D eigenvalue weighted by atomic mass is 19.4. The van der Waals surface area contributed by atoms with Gasteiger partial charge in [0.15, 0.2) is 0 Å². The van der Waals surface area contributed by atoms with Gasteiger partial charge in [0.2, 0.25) is 0 Å². The Morgan fingerprint density at radius 3 is 2.50 bits per heavy atom. The van der Waals surface area contributed by atoms with E-state index in [9.17, 15) is 13.2 Å². The van der Waals surface area contributed by atoms with Gasteiger partial charge in [-0.05, 0) is 31.9 Å². The van der Waals surface area contributed by atoms with Crippen LogP contribution in [0.3, 0.4) is 0 Å². The predicted molar refractivity (Wildman–Crippen MR) is 55.4 cm³/mol. The highest BCUT2D eigenvalue weighted by molar-refractivity contribution is 5.45.